The van der Waals surface area contributed by atoms with Crippen molar-refractivity contribution in [3.63, 3.8) is 0 Å². The first-order valence-corrected chi connectivity index (χ1v) is 10.3. The number of benzene rings is 2. The van der Waals surface area contributed by atoms with Crippen molar-refractivity contribution in [2.45, 2.75) is 44.9 Å². The minimum Gasteiger partial charge on any atom is -0.445 e. The Morgan fingerprint density at radius 1 is 0.935 bits per heavy atom. The van der Waals surface area contributed by atoms with Crippen LogP contribution in [0.3, 0.4) is 0 Å². The summed E-state index contributed by atoms with van der Waals surface area (Å²) in [7, 11) is 0. The normalized spacial score (nSPS) is 12.3. The molecule has 0 heterocycles. The van der Waals surface area contributed by atoms with Gasteiger partial charge in [-0.25, -0.2) is 9.59 Å². The Hall–Kier alpha value is -3.55. The molecule has 5 N–H and O–H groups in total. The number of amides is 4. The zero-order valence-corrected chi connectivity index (χ0v) is 17.7. The second-order valence-electron chi connectivity index (χ2n) is 7.19. The van der Waals surface area contributed by atoms with Crippen LogP contribution in [0.2, 0.25) is 0 Å². The largest absolute Gasteiger partial charge is 0.445 e. The van der Waals surface area contributed by atoms with E-state index in [2.05, 4.69) is 16.0 Å². The second-order valence-corrected chi connectivity index (χ2v) is 7.19. The fourth-order valence-corrected chi connectivity index (χ4v) is 3.02. The lowest BCUT2D eigenvalue weighted by Gasteiger charge is -2.21. The SMILES string of the molecule is C[C@@H](NC(=O)[C@@H](CCCCNC(=O)OCc1ccccc1)NC(N)=O)c1ccccc1. The van der Waals surface area contributed by atoms with Gasteiger partial charge in [0.1, 0.15) is 12.6 Å². The Kier molecular flexibility index (Phi) is 9.87. The molecule has 2 aromatic carbocycles. The van der Waals surface area contributed by atoms with Crippen LogP contribution in [0, 0.1) is 0 Å². The van der Waals surface area contributed by atoms with E-state index >= 15 is 0 Å². The molecular weight excluding hydrogens is 396 g/mol. The Bertz CT molecular complexity index is 830. The smallest absolute Gasteiger partial charge is 0.407 e. The van der Waals surface area contributed by atoms with Gasteiger partial charge in [-0.15, -0.1) is 0 Å². The van der Waals surface area contributed by atoms with Crippen molar-refractivity contribution >= 4 is 18.0 Å². The zero-order chi connectivity index (χ0) is 22.5. The number of urea groups is 1. The van der Waals surface area contributed by atoms with E-state index < -0.39 is 18.2 Å². The van der Waals surface area contributed by atoms with Crippen molar-refractivity contribution in [3.8, 4) is 0 Å². The molecule has 0 aliphatic carbocycles. The molecule has 0 radical (unpaired) electrons. The molecule has 0 saturated carbocycles. The van der Waals surface area contributed by atoms with Gasteiger partial charge in [0.15, 0.2) is 0 Å². The van der Waals surface area contributed by atoms with Gasteiger partial charge in [0.25, 0.3) is 0 Å². The fraction of sp³-hybridized carbons (Fsp3) is 0.348. The van der Waals surface area contributed by atoms with E-state index in [-0.39, 0.29) is 18.6 Å². The Balaban J connectivity index is 1.70. The van der Waals surface area contributed by atoms with E-state index in [0.717, 1.165) is 11.1 Å². The third-order valence-electron chi connectivity index (χ3n) is 4.69. The van der Waals surface area contributed by atoms with E-state index in [1.54, 1.807) is 0 Å². The number of ether oxygens (including phenoxy) is 1. The number of carbonyl (C=O) groups is 3. The van der Waals surface area contributed by atoms with Gasteiger partial charge in [0.2, 0.25) is 5.91 Å². The van der Waals surface area contributed by atoms with E-state index in [1.165, 1.54) is 0 Å². The summed E-state index contributed by atoms with van der Waals surface area (Å²) in [6.07, 6.45) is 1.14. The van der Waals surface area contributed by atoms with E-state index in [4.69, 9.17) is 10.5 Å². The number of alkyl carbamates (subject to hydrolysis) is 1. The molecule has 2 aromatic rings. The molecule has 0 saturated heterocycles. The number of nitrogens with one attached hydrogen (secondary N) is 3. The summed E-state index contributed by atoms with van der Waals surface area (Å²) in [6, 6.07) is 17.3. The lowest BCUT2D eigenvalue weighted by Crippen LogP contribution is -2.49. The minimum absolute atomic E-state index is 0.202. The molecule has 0 spiro atoms. The van der Waals surface area contributed by atoms with Crippen molar-refractivity contribution < 1.29 is 19.1 Å². The molecule has 2 rings (SSSR count). The number of hydrogen-bond acceptors (Lipinski definition) is 4. The predicted octanol–water partition coefficient (Wildman–Crippen LogP) is 3.00. The maximum absolute atomic E-state index is 12.6. The molecule has 31 heavy (non-hydrogen) atoms. The molecule has 0 aliphatic rings. The highest BCUT2D eigenvalue weighted by Crippen LogP contribution is 2.12. The molecule has 0 aromatic heterocycles. The van der Waals surface area contributed by atoms with E-state index in [1.807, 2.05) is 67.6 Å². The van der Waals surface area contributed by atoms with Gasteiger partial charge in [-0.05, 0) is 37.3 Å². The van der Waals surface area contributed by atoms with Crippen LogP contribution in [0.15, 0.2) is 60.7 Å². The van der Waals surface area contributed by atoms with Crippen LogP contribution < -0.4 is 21.7 Å². The maximum atomic E-state index is 12.6. The molecule has 0 aliphatic heterocycles. The highest BCUT2D eigenvalue weighted by molar-refractivity contribution is 5.86. The van der Waals surface area contributed by atoms with E-state index in [0.29, 0.717) is 25.8 Å². The van der Waals surface area contributed by atoms with Gasteiger partial charge in [-0.1, -0.05) is 60.7 Å². The van der Waals surface area contributed by atoms with E-state index in [9.17, 15) is 14.4 Å². The Labute approximate surface area is 182 Å². The summed E-state index contributed by atoms with van der Waals surface area (Å²) < 4.78 is 5.14. The number of unbranched alkanes of at least 4 members (excludes halogenated alkanes) is 1. The number of primary amides is 1. The van der Waals surface area contributed by atoms with Crippen LogP contribution in [0.5, 0.6) is 0 Å². The number of hydrogen-bond donors (Lipinski definition) is 4. The summed E-state index contributed by atoms with van der Waals surface area (Å²) in [4.78, 5) is 35.6. The first-order chi connectivity index (χ1) is 15.0. The van der Waals surface area contributed by atoms with Crippen molar-refractivity contribution in [3.05, 3.63) is 71.8 Å². The van der Waals surface area contributed by atoms with Crippen LogP contribution in [-0.2, 0) is 16.1 Å². The third kappa shape index (κ3) is 9.20. The third-order valence-corrected chi connectivity index (χ3v) is 4.69. The number of carbonyl (C=O) groups excluding carboxylic acids is 3. The molecule has 0 fully saturated rings. The van der Waals surface area contributed by atoms with Crippen molar-refractivity contribution in [1.29, 1.82) is 0 Å². The summed E-state index contributed by atoms with van der Waals surface area (Å²) in [5, 5.41) is 8.06. The van der Waals surface area contributed by atoms with Gasteiger partial charge in [-0.2, -0.15) is 0 Å². The summed E-state index contributed by atoms with van der Waals surface area (Å²) in [5.41, 5.74) is 7.10. The van der Waals surface area contributed by atoms with Crippen molar-refractivity contribution in [2.75, 3.05) is 6.54 Å². The van der Waals surface area contributed by atoms with Crippen molar-refractivity contribution in [1.82, 2.24) is 16.0 Å². The lowest BCUT2D eigenvalue weighted by molar-refractivity contribution is -0.123. The average molecular weight is 427 g/mol. The molecule has 8 heteroatoms. The highest BCUT2D eigenvalue weighted by atomic mass is 16.5. The Morgan fingerprint density at radius 3 is 2.23 bits per heavy atom. The molecule has 2 atom stereocenters. The number of rotatable bonds is 11. The summed E-state index contributed by atoms with van der Waals surface area (Å²) in [5.74, 6) is -0.301. The van der Waals surface area contributed by atoms with Crippen LogP contribution >= 0.6 is 0 Å². The predicted molar refractivity (Wildman–Crippen MR) is 118 cm³/mol. The van der Waals surface area contributed by atoms with Crippen LogP contribution in [0.25, 0.3) is 0 Å². The quantitative estimate of drug-likeness (QED) is 0.413. The first-order valence-electron chi connectivity index (χ1n) is 10.3. The van der Waals surface area contributed by atoms with Crippen LogP contribution in [0.4, 0.5) is 9.59 Å². The number of nitrogens with two attached hydrogens (primary N) is 1. The van der Waals surface area contributed by atoms with Gasteiger partial charge >= 0.3 is 12.1 Å². The Morgan fingerprint density at radius 2 is 1.58 bits per heavy atom. The summed E-state index contributed by atoms with van der Waals surface area (Å²) in [6.45, 7) is 2.48. The molecule has 0 bridgehead atoms. The van der Waals surface area contributed by atoms with Gasteiger partial charge in [-0.3, -0.25) is 4.79 Å². The van der Waals surface area contributed by atoms with Gasteiger partial charge in [0.05, 0.1) is 6.04 Å². The standard InChI is InChI=1S/C23H30N4O4/c1-17(19-12-6-3-7-13-19)26-21(28)20(27-22(24)29)14-8-9-15-25-23(30)31-16-18-10-4-2-5-11-18/h2-7,10-13,17,20H,8-9,14-16H2,1H3,(H,25,30)(H,26,28)(H3,24,27,29)/t17-,20-/m1/s1. The first kappa shape index (κ1) is 23.7. The molecule has 4 amide bonds. The molecule has 8 nitrogen and oxygen atoms in total. The van der Waals surface area contributed by atoms with Crippen LogP contribution in [0.1, 0.15) is 43.4 Å². The molecule has 0 unspecified atom stereocenters. The highest BCUT2D eigenvalue weighted by Gasteiger charge is 2.21. The average Bonchev–Trinajstić information content (AvgIpc) is 2.77. The molecule has 166 valence electrons. The van der Waals surface area contributed by atoms with Gasteiger partial charge in [0, 0.05) is 6.54 Å². The van der Waals surface area contributed by atoms with Crippen molar-refractivity contribution in [2.24, 2.45) is 5.73 Å². The monoisotopic (exact) mass is 426 g/mol. The topological polar surface area (TPSA) is 123 Å². The van der Waals surface area contributed by atoms with Gasteiger partial charge < -0.3 is 26.4 Å². The maximum Gasteiger partial charge on any atom is 0.407 e. The fourth-order valence-electron chi connectivity index (χ4n) is 3.02. The second kappa shape index (κ2) is 12.9. The molecular formula is C23H30N4O4. The lowest BCUT2D eigenvalue weighted by atomic mass is 10.1. The van der Waals surface area contributed by atoms with Crippen LogP contribution in [-0.4, -0.2) is 30.6 Å². The minimum atomic E-state index is -0.755. The zero-order valence-electron chi connectivity index (χ0n) is 17.7. The summed E-state index contributed by atoms with van der Waals surface area (Å²) >= 11 is 0.